The van der Waals surface area contributed by atoms with E-state index in [9.17, 15) is 23.6 Å². The summed E-state index contributed by atoms with van der Waals surface area (Å²) < 4.78 is 38.7. The van der Waals surface area contributed by atoms with E-state index in [-0.39, 0.29) is 0 Å². The number of hydrogen-bond donors (Lipinski definition) is 0. The van der Waals surface area contributed by atoms with E-state index in [1.54, 1.807) is 0 Å². The Bertz CT molecular complexity index is 506. The zero-order valence-electron chi connectivity index (χ0n) is 13.6. The van der Waals surface area contributed by atoms with Crippen LogP contribution in [0.5, 0.6) is 0 Å². The molecule has 0 amide bonds. The lowest BCUT2D eigenvalue weighted by Crippen LogP contribution is -2.61. The number of esters is 4. The minimum Gasteiger partial charge on any atom is -0.463 e. The minimum absolute atomic E-state index is 0.446. The number of rotatable bonds is 5. The summed E-state index contributed by atoms with van der Waals surface area (Å²) in [5.41, 5.74) is 0. The van der Waals surface area contributed by atoms with Crippen LogP contribution >= 0.6 is 0 Å². The molecule has 1 rings (SSSR count). The van der Waals surface area contributed by atoms with Crippen molar-refractivity contribution in [1.29, 1.82) is 0 Å². The lowest BCUT2D eigenvalue weighted by molar-refractivity contribution is -0.277. The molecule has 1 heterocycles. The maximum absolute atomic E-state index is 14.2. The highest BCUT2D eigenvalue weighted by atomic mass is 19.1. The van der Waals surface area contributed by atoms with Crippen molar-refractivity contribution in [3.63, 3.8) is 0 Å². The van der Waals surface area contributed by atoms with Gasteiger partial charge in [-0.1, -0.05) is 0 Å². The highest BCUT2D eigenvalue weighted by molar-refractivity contribution is 5.68. The molecule has 0 bridgehead atoms. The molecule has 0 saturated carbocycles. The molecular formula is C14H19FO9. The summed E-state index contributed by atoms with van der Waals surface area (Å²) in [4.78, 5) is 44.7. The molecule has 10 heteroatoms. The monoisotopic (exact) mass is 350 g/mol. The van der Waals surface area contributed by atoms with Gasteiger partial charge >= 0.3 is 23.9 Å². The molecule has 9 nitrogen and oxygen atoms in total. The first kappa shape index (κ1) is 19.8. The van der Waals surface area contributed by atoms with Gasteiger partial charge in [-0.2, -0.15) is 0 Å². The minimum atomic E-state index is -2.18. The summed E-state index contributed by atoms with van der Waals surface area (Å²) in [5.74, 6) is -3.09. The number of halogens is 1. The Morgan fingerprint density at radius 1 is 0.792 bits per heavy atom. The van der Waals surface area contributed by atoms with Crippen LogP contribution in [0, 0.1) is 0 Å². The summed E-state index contributed by atoms with van der Waals surface area (Å²) in [5, 5.41) is 0. The molecule has 5 atom stereocenters. The van der Waals surface area contributed by atoms with Gasteiger partial charge in [-0.15, -0.1) is 0 Å². The zero-order chi connectivity index (χ0) is 18.4. The lowest BCUT2D eigenvalue weighted by atomic mass is 9.98. The number of ether oxygens (including phenoxy) is 5. The van der Waals surface area contributed by atoms with Crippen molar-refractivity contribution in [2.75, 3.05) is 6.61 Å². The van der Waals surface area contributed by atoms with Crippen LogP contribution in [-0.2, 0) is 42.9 Å². The van der Waals surface area contributed by atoms with Crippen molar-refractivity contribution in [1.82, 2.24) is 0 Å². The normalized spacial score (nSPS) is 29.3. The van der Waals surface area contributed by atoms with Crippen LogP contribution in [0.3, 0.4) is 0 Å². The fourth-order valence-corrected chi connectivity index (χ4v) is 2.18. The van der Waals surface area contributed by atoms with Crippen molar-refractivity contribution in [2.45, 2.75) is 58.5 Å². The molecular weight excluding hydrogens is 331 g/mol. The van der Waals surface area contributed by atoms with E-state index in [2.05, 4.69) is 0 Å². The van der Waals surface area contributed by atoms with Gasteiger partial charge in [0.05, 0.1) is 0 Å². The quantitative estimate of drug-likeness (QED) is 0.500. The summed E-state index contributed by atoms with van der Waals surface area (Å²) in [6.45, 7) is 3.85. The van der Waals surface area contributed by atoms with Gasteiger partial charge in [0.15, 0.2) is 18.3 Å². The van der Waals surface area contributed by atoms with E-state index >= 15 is 0 Å². The molecule has 0 spiro atoms. The van der Waals surface area contributed by atoms with Crippen LogP contribution in [0.4, 0.5) is 4.39 Å². The van der Waals surface area contributed by atoms with Gasteiger partial charge in [-0.3, -0.25) is 19.2 Å². The fraction of sp³-hybridized carbons (Fsp3) is 0.714. The summed E-state index contributed by atoms with van der Waals surface area (Å²) in [7, 11) is 0. The highest BCUT2D eigenvalue weighted by Crippen LogP contribution is 2.29. The van der Waals surface area contributed by atoms with Crippen molar-refractivity contribution in [3.8, 4) is 0 Å². The van der Waals surface area contributed by atoms with E-state index in [0.717, 1.165) is 27.7 Å². The third kappa shape index (κ3) is 5.76. The summed E-state index contributed by atoms with van der Waals surface area (Å²) in [6.07, 6.45) is -7.85. The first-order chi connectivity index (χ1) is 11.1. The Labute approximate surface area is 137 Å². The van der Waals surface area contributed by atoms with Gasteiger partial charge in [0.25, 0.3) is 0 Å². The topological polar surface area (TPSA) is 114 Å². The molecule has 0 aromatic heterocycles. The standard InChI is InChI=1S/C14H19FO9/c1-6(16)20-5-10-11(21-7(2)17)12(22-8(3)18)13(14(15)24-10)23-9(4)19/h10-14H,5H2,1-4H3/t10?,11?,12-,13?,14?/m0/s1. The van der Waals surface area contributed by atoms with Crippen LogP contribution in [-0.4, -0.2) is 61.3 Å². The van der Waals surface area contributed by atoms with E-state index in [1.165, 1.54) is 0 Å². The Morgan fingerprint density at radius 3 is 1.71 bits per heavy atom. The fourth-order valence-electron chi connectivity index (χ4n) is 2.18. The molecule has 0 aromatic rings. The maximum atomic E-state index is 14.2. The predicted molar refractivity (Wildman–Crippen MR) is 73.1 cm³/mol. The average Bonchev–Trinajstić information content (AvgIpc) is 2.42. The molecule has 1 fully saturated rings. The molecule has 0 N–H and O–H groups in total. The SMILES string of the molecule is CC(=O)OCC1OC(F)C(OC(C)=O)[C@@H](OC(C)=O)C1OC(C)=O. The number of carbonyl (C=O) groups excluding carboxylic acids is 4. The van der Waals surface area contributed by atoms with Crippen molar-refractivity contribution in [3.05, 3.63) is 0 Å². The summed E-state index contributed by atoms with van der Waals surface area (Å²) in [6, 6.07) is 0. The lowest BCUT2D eigenvalue weighted by Gasteiger charge is -2.41. The molecule has 4 unspecified atom stereocenters. The van der Waals surface area contributed by atoms with E-state index < -0.39 is 61.3 Å². The number of carbonyl (C=O) groups is 4. The highest BCUT2D eigenvalue weighted by Gasteiger charge is 2.52. The van der Waals surface area contributed by atoms with Gasteiger partial charge in [0.2, 0.25) is 6.36 Å². The molecule has 24 heavy (non-hydrogen) atoms. The molecule has 0 aliphatic carbocycles. The smallest absolute Gasteiger partial charge is 0.303 e. The van der Waals surface area contributed by atoms with Crippen LogP contribution < -0.4 is 0 Å². The zero-order valence-corrected chi connectivity index (χ0v) is 13.6. The van der Waals surface area contributed by atoms with Crippen molar-refractivity contribution >= 4 is 23.9 Å². The molecule has 0 radical (unpaired) electrons. The number of hydrogen-bond acceptors (Lipinski definition) is 9. The predicted octanol–water partition coefficient (Wildman–Crippen LogP) is 0.0390. The Hall–Kier alpha value is -2.23. The summed E-state index contributed by atoms with van der Waals surface area (Å²) >= 11 is 0. The Kier molecular flexibility index (Phi) is 7.08. The molecule has 1 aliphatic rings. The Balaban J connectivity index is 3.11. The maximum Gasteiger partial charge on any atom is 0.303 e. The van der Waals surface area contributed by atoms with Crippen LogP contribution in [0.1, 0.15) is 27.7 Å². The second-order valence-corrected chi connectivity index (χ2v) is 5.05. The third-order valence-corrected chi connectivity index (χ3v) is 2.93. The van der Waals surface area contributed by atoms with Crippen LogP contribution in [0.2, 0.25) is 0 Å². The van der Waals surface area contributed by atoms with Crippen molar-refractivity contribution < 1.29 is 47.3 Å². The second kappa shape index (κ2) is 8.57. The molecule has 1 aliphatic heterocycles. The van der Waals surface area contributed by atoms with Gasteiger partial charge in [0, 0.05) is 27.7 Å². The van der Waals surface area contributed by atoms with Crippen molar-refractivity contribution in [2.24, 2.45) is 0 Å². The van der Waals surface area contributed by atoms with Crippen LogP contribution in [0.25, 0.3) is 0 Å². The Morgan fingerprint density at radius 2 is 1.25 bits per heavy atom. The van der Waals surface area contributed by atoms with Crippen LogP contribution in [0.15, 0.2) is 0 Å². The number of alkyl halides is 1. The van der Waals surface area contributed by atoms with Gasteiger partial charge in [-0.05, 0) is 0 Å². The molecule has 136 valence electrons. The van der Waals surface area contributed by atoms with Gasteiger partial charge < -0.3 is 23.7 Å². The third-order valence-electron chi connectivity index (χ3n) is 2.93. The molecule has 0 aromatic carbocycles. The second-order valence-electron chi connectivity index (χ2n) is 5.05. The molecule has 1 saturated heterocycles. The van der Waals surface area contributed by atoms with E-state index in [4.69, 9.17) is 23.7 Å². The van der Waals surface area contributed by atoms with E-state index in [0.29, 0.717) is 0 Å². The van der Waals surface area contributed by atoms with Gasteiger partial charge in [-0.25, -0.2) is 4.39 Å². The van der Waals surface area contributed by atoms with Gasteiger partial charge in [0.1, 0.15) is 12.7 Å². The largest absolute Gasteiger partial charge is 0.463 e. The first-order valence-corrected chi connectivity index (χ1v) is 7.06. The first-order valence-electron chi connectivity index (χ1n) is 7.06. The average molecular weight is 350 g/mol. The van der Waals surface area contributed by atoms with E-state index in [1.807, 2.05) is 0 Å².